The minimum atomic E-state index is -0.428. The van der Waals surface area contributed by atoms with Crippen molar-refractivity contribution in [1.82, 2.24) is 9.97 Å². The summed E-state index contributed by atoms with van der Waals surface area (Å²) in [6.45, 7) is 0. The van der Waals surface area contributed by atoms with Gasteiger partial charge in [0.2, 0.25) is 0 Å². The topological polar surface area (TPSA) is 25.8 Å². The SMILES string of the molecule is c1ccc(-c2cccc(-c3cc(-c4ccc(-c5ccc6cc7c(cc6c5)C5(c6ccccc6-c6ccccc65)c5c-7ccc6ccccc56)cc4)nc(-c4ccccc4)n3)c2)cc1. The molecule has 292 valence electrons. The second-order valence-electron chi connectivity index (χ2n) is 16.9. The van der Waals surface area contributed by atoms with Gasteiger partial charge in [-0.3, -0.25) is 0 Å². The van der Waals surface area contributed by atoms with Gasteiger partial charge in [-0.2, -0.15) is 0 Å². The number of aromatic nitrogens is 2. The average Bonchev–Trinajstić information content (AvgIpc) is 3.83. The molecule has 0 atom stereocenters. The zero-order valence-electron chi connectivity index (χ0n) is 34.3. The van der Waals surface area contributed by atoms with Crippen LogP contribution in [0.25, 0.3) is 100.0 Å². The lowest BCUT2D eigenvalue weighted by atomic mass is 9.69. The summed E-state index contributed by atoms with van der Waals surface area (Å²) in [6, 6.07) is 84.0. The Morgan fingerprint density at radius 3 is 1.59 bits per heavy atom. The number of hydrogen-bond acceptors (Lipinski definition) is 2. The first-order chi connectivity index (χ1) is 31.2. The first-order valence-electron chi connectivity index (χ1n) is 21.7. The molecule has 2 heteroatoms. The highest BCUT2D eigenvalue weighted by atomic mass is 14.9. The van der Waals surface area contributed by atoms with Gasteiger partial charge in [-0.25, -0.2) is 9.97 Å². The van der Waals surface area contributed by atoms with Gasteiger partial charge in [0.1, 0.15) is 0 Å². The van der Waals surface area contributed by atoms with E-state index < -0.39 is 5.41 Å². The van der Waals surface area contributed by atoms with Gasteiger partial charge in [0, 0.05) is 16.7 Å². The van der Waals surface area contributed by atoms with Crippen LogP contribution in [0.15, 0.2) is 231 Å². The molecule has 13 rings (SSSR count). The van der Waals surface area contributed by atoms with E-state index in [9.17, 15) is 0 Å². The quantitative estimate of drug-likeness (QED) is 0.173. The second kappa shape index (κ2) is 13.9. The van der Waals surface area contributed by atoms with Crippen molar-refractivity contribution in [3.8, 4) is 78.4 Å². The summed E-state index contributed by atoms with van der Waals surface area (Å²) in [4.78, 5) is 10.3. The summed E-state index contributed by atoms with van der Waals surface area (Å²) >= 11 is 0. The first-order valence-corrected chi connectivity index (χ1v) is 21.7. The van der Waals surface area contributed by atoms with Crippen LogP contribution >= 0.6 is 0 Å². The van der Waals surface area contributed by atoms with E-state index in [0.29, 0.717) is 5.82 Å². The molecule has 2 aliphatic carbocycles. The molecule has 0 aliphatic heterocycles. The molecule has 0 fully saturated rings. The molecule has 10 aromatic carbocycles. The van der Waals surface area contributed by atoms with E-state index in [1.165, 1.54) is 77.2 Å². The molecule has 0 amide bonds. The van der Waals surface area contributed by atoms with Gasteiger partial charge in [-0.05, 0) is 119 Å². The summed E-state index contributed by atoms with van der Waals surface area (Å²) in [5.74, 6) is 0.708. The molecule has 0 saturated heterocycles. The molecule has 11 aromatic rings. The van der Waals surface area contributed by atoms with E-state index in [4.69, 9.17) is 9.97 Å². The Kier molecular flexibility index (Phi) is 7.85. The summed E-state index contributed by atoms with van der Waals surface area (Å²) in [5, 5.41) is 5.06. The Morgan fingerprint density at radius 2 is 0.825 bits per heavy atom. The van der Waals surface area contributed by atoms with Crippen molar-refractivity contribution in [2.45, 2.75) is 5.41 Å². The standard InChI is InChI=1S/C61H38N2/c1-3-14-39(15-4-1)44-19-13-20-47(34-44)58-38-57(62-60(63-58)43-17-5-2-6-18-43)42-28-26-40(27-29-42)45-30-31-46-36-53-52-33-32-41-16-7-8-21-49(41)59(52)61(56(53)37-48(46)35-45)54-24-11-9-22-50(54)51-23-10-12-25-55(51)61/h1-38H. The number of fused-ring (bicyclic) bond motifs is 13. The van der Waals surface area contributed by atoms with Crippen molar-refractivity contribution < 1.29 is 0 Å². The molecule has 63 heavy (non-hydrogen) atoms. The highest BCUT2D eigenvalue weighted by Gasteiger charge is 2.52. The normalized spacial score (nSPS) is 12.9. The Bertz CT molecular complexity index is 3560. The molecule has 0 radical (unpaired) electrons. The van der Waals surface area contributed by atoms with Crippen molar-refractivity contribution in [3.63, 3.8) is 0 Å². The molecular formula is C61H38N2. The maximum Gasteiger partial charge on any atom is 0.160 e. The van der Waals surface area contributed by atoms with Crippen molar-refractivity contribution in [3.05, 3.63) is 253 Å². The minimum absolute atomic E-state index is 0.428. The second-order valence-corrected chi connectivity index (χ2v) is 16.9. The van der Waals surface area contributed by atoms with Gasteiger partial charge < -0.3 is 0 Å². The largest absolute Gasteiger partial charge is 0.228 e. The van der Waals surface area contributed by atoms with Crippen LogP contribution in [-0.4, -0.2) is 9.97 Å². The van der Waals surface area contributed by atoms with E-state index >= 15 is 0 Å². The Hall–Kier alpha value is -8.20. The molecule has 1 spiro atoms. The third kappa shape index (κ3) is 5.45. The number of benzene rings is 10. The van der Waals surface area contributed by atoms with Crippen LogP contribution in [0.4, 0.5) is 0 Å². The summed E-state index contributed by atoms with van der Waals surface area (Å²) < 4.78 is 0. The molecular weight excluding hydrogens is 761 g/mol. The van der Waals surface area contributed by atoms with Crippen LogP contribution in [0, 0.1) is 0 Å². The van der Waals surface area contributed by atoms with Crippen molar-refractivity contribution >= 4 is 21.5 Å². The third-order valence-corrected chi connectivity index (χ3v) is 13.5. The average molecular weight is 799 g/mol. The molecule has 2 nitrogen and oxygen atoms in total. The molecule has 1 aromatic heterocycles. The van der Waals surface area contributed by atoms with Crippen LogP contribution in [-0.2, 0) is 5.41 Å². The zero-order valence-corrected chi connectivity index (χ0v) is 34.3. The molecule has 2 aliphatic rings. The van der Waals surface area contributed by atoms with Crippen LogP contribution in [0.5, 0.6) is 0 Å². The van der Waals surface area contributed by atoms with Gasteiger partial charge in [-0.15, -0.1) is 0 Å². The van der Waals surface area contributed by atoms with Gasteiger partial charge in [0.05, 0.1) is 16.8 Å². The number of rotatable bonds is 5. The molecule has 0 unspecified atom stereocenters. The molecule has 0 N–H and O–H groups in total. The number of hydrogen-bond donors (Lipinski definition) is 0. The van der Waals surface area contributed by atoms with E-state index in [2.05, 4.69) is 212 Å². The fraction of sp³-hybridized carbons (Fsp3) is 0.0164. The molecule has 1 heterocycles. The minimum Gasteiger partial charge on any atom is -0.228 e. The summed E-state index contributed by atoms with van der Waals surface area (Å²) in [6.07, 6.45) is 0. The smallest absolute Gasteiger partial charge is 0.160 e. The summed E-state index contributed by atoms with van der Waals surface area (Å²) in [5.41, 5.74) is 19.9. The highest BCUT2D eigenvalue weighted by molar-refractivity contribution is 6.06. The van der Waals surface area contributed by atoms with Gasteiger partial charge in [0.15, 0.2) is 5.82 Å². The number of nitrogens with zero attached hydrogens (tertiary/aromatic N) is 2. The first kappa shape index (κ1) is 35.5. The van der Waals surface area contributed by atoms with E-state index in [0.717, 1.165) is 39.2 Å². The van der Waals surface area contributed by atoms with Crippen LogP contribution in [0.3, 0.4) is 0 Å². The lowest BCUT2D eigenvalue weighted by molar-refractivity contribution is 0.802. The Labute approximate surface area is 366 Å². The molecule has 0 bridgehead atoms. The van der Waals surface area contributed by atoms with Gasteiger partial charge >= 0.3 is 0 Å². The highest BCUT2D eigenvalue weighted by Crippen LogP contribution is 2.64. The maximum absolute atomic E-state index is 5.15. The molecule has 0 saturated carbocycles. The zero-order chi connectivity index (χ0) is 41.5. The predicted octanol–water partition coefficient (Wildman–Crippen LogP) is 15.5. The summed E-state index contributed by atoms with van der Waals surface area (Å²) in [7, 11) is 0. The van der Waals surface area contributed by atoms with Crippen molar-refractivity contribution in [2.24, 2.45) is 0 Å². The lowest BCUT2D eigenvalue weighted by Gasteiger charge is -2.31. The Morgan fingerprint density at radius 1 is 0.270 bits per heavy atom. The van der Waals surface area contributed by atoms with Crippen LogP contribution in [0.1, 0.15) is 22.3 Å². The monoisotopic (exact) mass is 798 g/mol. The van der Waals surface area contributed by atoms with Gasteiger partial charge in [0.25, 0.3) is 0 Å². The third-order valence-electron chi connectivity index (χ3n) is 13.5. The van der Waals surface area contributed by atoms with E-state index in [1.807, 2.05) is 18.2 Å². The van der Waals surface area contributed by atoms with Crippen LogP contribution in [0.2, 0.25) is 0 Å². The predicted molar refractivity (Wildman–Crippen MR) is 261 cm³/mol. The van der Waals surface area contributed by atoms with Crippen molar-refractivity contribution in [2.75, 3.05) is 0 Å². The lowest BCUT2D eigenvalue weighted by Crippen LogP contribution is -2.26. The van der Waals surface area contributed by atoms with E-state index in [1.54, 1.807) is 0 Å². The Balaban J connectivity index is 0.929. The maximum atomic E-state index is 5.15. The van der Waals surface area contributed by atoms with E-state index in [-0.39, 0.29) is 0 Å². The van der Waals surface area contributed by atoms with Crippen molar-refractivity contribution in [1.29, 1.82) is 0 Å². The van der Waals surface area contributed by atoms with Crippen LogP contribution < -0.4 is 0 Å². The fourth-order valence-corrected chi connectivity index (χ4v) is 10.6. The fourth-order valence-electron chi connectivity index (χ4n) is 10.6. The van der Waals surface area contributed by atoms with Gasteiger partial charge in [-0.1, -0.05) is 200 Å².